The van der Waals surface area contributed by atoms with Crippen LogP contribution in [0.15, 0.2) is 36.4 Å². The highest BCUT2D eigenvalue weighted by Gasteiger charge is 2.16. The van der Waals surface area contributed by atoms with E-state index in [-0.39, 0.29) is 18.3 Å². The smallest absolute Gasteiger partial charge is 0.279 e. The van der Waals surface area contributed by atoms with E-state index < -0.39 is 0 Å². The van der Waals surface area contributed by atoms with Crippen molar-refractivity contribution in [3.8, 4) is 0 Å². The molecule has 0 aliphatic heterocycles. The summed E-state index contributed by atoms with van der Waals surface area (Å²) in [4.78, 5) is 13.0. The third kappa shape index (κ3) is 4.67. The monoisotopic (exact) mass is 355 g/mol. The molecule has 122 valence electrons. The molecule has 0 fully saturated rings. The summed E-state index contributed by atoms with van der Waals surface area (Å²) in [7, 11) is 1.81. The minimum absolute atomic E-state index is 0.166. The lowest BCUT2D eigenvalue weighted by molar-refractivity contribution is -0.885. The molecule has 0 spiro atoms. The number of quaternary nitrogens is 1. The van der Waals surface area contributed by atoms with E-state index in [1.54, 1.807) is 30.3 Å². The van der Waals surface area contributed by atoms with Gasteiger partial charge in [0.05, 0.1) is 17.6 Å². The van der Waals surface area contributed by atoms with Gasteiger partial charge >= 0.3 is 0 Å². The SMILES string of the molecule is Cc1c(Cl)cccc1NC(=O)C[NH+](C)Cc1c(F)cccc1Cl. The van der Waals surface area contributed by atoms with Crippen LogP contribution in [0.25, 0.3) is 0 Å². The predicted molar refractivity (Wildman–Crippen MR) is 91.7 cm³/mol. The van der Waals surface area contributed by atoms with Crippen LogP contribution in [-0.4, -0.2) is 19.5 Å². The first-order valence-electron chi connectivity index (χ1n) is 7.17. The lowest BCUT2D eigenvalue weighted by Crippen LogP contribution is -3.08. The molecule has 1 atom stereocenters. The van der Waals surface area contributed by atoms with E-state index in [4.69, 9.17) is 23.2 Å². The summed E-state index contributed by atoms with van der Waals surface area (Å²) in [5.74, 6) is -0.525. The Hall–Kier alpha value is -1.62. The maximum Gasteiger partial charge on any atom is 0.279 e. The highest BCUT2D eigenvalue weighted by Crippen LogP contribution is 2.22. The van der Waals surface area contributed by atoms with Crippen LogP contribution in [0.5, 0.6) is 0 Å². The molecular weight excluding hydrogens is 338 g/mol. The molecule has 0 aliphatic rings. The maximum absolute atomic E-state index is 13.8. The number of amides is 1. The molecule has 6 heteroatoms. The van der Waals surface area contributed by atoms with Crippen molar-refractivity contribution >= 4 is 34.8 Å². The molecule has 0 saturated heterocycles. The molecule has 0 heterocycles. The van der Waals surface area contributed by atoms with Gasteiger partial charge < -0.3 is 10.2 Å². The summed E-state index contributed by atoms with van der Waals surface area (Å²) >= 11 is 12.0. The number of carbonyl (C=O) groups is 1. The number of halogens is 3. The van der Waals surface area contributed by atoms with E-state index in [9.17, 15) is 9.18 Å². The van der Waals surface area contributed by atoms with Gasteiger partial charge in [0.15, 0.2) is 6.54 Å². The van der Waals surface area contributed by atoms with Gasteiger partial charge in [0.1, 0.15) is 12.4 Å². The van der Waals surface area contributed by atoms with Crippen molar-refractivity contribution in [1.82, 2.24) is 0 Å². The highest BCUT2D eigenvalue weighted by molar-refractivity contribution is 6.32. The van der Waals surface area contributed by atoms with Gasteiger partial charge in [-0.15, -0.1) is 0 Å². The predicted octanol–water partition coefficient (Wildman–Crippen LogP) is 3.09. The molecular formula is C17H18Cl2FN2O+. The van der Waals surface area contributed by atoms with Crippen LogP contribution in [0.4, 0.5) is 10.1 Å². The third-order valence-corrected chi connectivity index (χ3v) is 4.31. The number of likely N-dealkylation sites (N-methyl/N-ethyl adjacent to an activating group) is 1. The van der Waals surface area contributed by atoms with E-state index >= 15 is 0 Å². The minimum atomic E-state index is -0.358. The van der Waals surface area contributed by atoms with Gasteiger partial charge in [0, 0.05) is 10.7 Å². The fourth-order valence-electron chi connectivity index (χ4n) is 2.28. The largest absolute Gasteiger partial charge is 0.326 e. The van der Waals surface area contributed by atoms with Gasteiger partial charge in [-0.05, 0) is 36.8 Å². The van der Waals surface area contributed by atoms with Gasteiger partial charge in [0.2, 0.25) is 0 Å². The zero-order valence-electron chi connectivity index (χ0n) is 12.9. The number of rotatable bonds is 5. The first-order valence-corrected chi connectivity index (χ1v) is 7.93. The van der Waals surface area contributed by atoms with Crippen molar-refractivity contribution < 1.29 is 14.1 Å². The van der Waals surface area contributed by atoms with Gasteiger partial charge in [-0.3, -0.25) is 4.79 Å². The zero-order chi connectivity index (χ0) is 17.0. The van der Waals surface area contributed by atoms with Crippen LogP contribution in [0.2, 0.25) is 10.0 Å². The Morgan fingerprint density at radius 3 is 2.52 bits per heavy atom. The Balaban J connectivity index is 1.99. The van der Waals surface area contributed by atoms with Gasteiger partial charge in [0.25, 0.3) is 5.91 Å². The zero-order valence-corrected chi connectivity index (χ0v) is 14.4. The summed E-state index contributed by atoms with van der Waals surface area (Å²) < 4.78 is 13.8. The van der Waals surface area contributed by atoms with E-state index in [0.29, 0.717) is 27.8 Å². The van der Waals surface area contributed by atoms with Crippen LogP contribution < -0.4 is 10.2 Å². The van der Waals surface area contributed by atoms with Crippen LogP contribution in [0, 0.1) is 12.7 Å². The Morgan fingerprint density at radius 2 is 1.83 bits per heavy atom. The number of anilines is 1. The molecule has 0 radical (unpaired) electrons. The maximum atomic E-state index is 13.8. The number of hydrogen-bond acceptors (Lipinski definition) is 1. The van der Waals surface area contributed by atoms with Crippen LogP contribution >= 0.6 is 23.2 Å². The first kappa shape index (κ1) is 17.7. The van der Waals surface area contributed by atoms with Crippen molar-refractivity contribution in [2.24, 2.45) is 0 Å². The lowest BCUT2D eigenvalue weighted by atomic mass is 10.2. The van der Waals surface area contributed by atoms with Crippen molar-refractivity contribution in [3.05, 3.63) is 63.4 Å². The standard InChI is InChI=1S/C17H17Cl2FN2O/c1-11-13(18)5-4-8-16(11)21-17(23)10-22(2)9-12-14(19)6-3-7-15(12)20/h3-8H,9-10H2,1-2H3,(H,21,23)/p+1. The molecule has 2 N–H and O–H groups in total. The van der Waals surface area contributed by atoms with Crippen molar-refractivity contribution in [1.29, 1.82) is 0 Å². The molecule has 2 aromatic rings. The molecule has 0 aliphatic carbocycles. The van der Waals surface area contributed by atoms with Gasteiger partial charge in [-0.1, -0.05) is 35.3 Å². The molecule has 1 amide bonds. The van der Waals surface area contributed by atoms with Crippen molar-refractivity contribution in [3.63, 3.8) is 0 Å². The Morgan fingerprint density at radius 1 is 1.17 bits per heavy atom. The normalized spacial score (nSPS) is 12.0. The van der Waals surface area contributed by atoms with Gasteiger partial charge in [-0.25, -0.2) is 4.39 Å². The molecule has 2 rings (SSSR count). The van der Waals surface area contributed by atoms with Gasteiger partial charge in [-0.2, -0.15) is 0 Å². The second-order valence-corrected chi connectivity index (χ2v) is 6.29. The lowest BCUT2D eigenvalue weighted by Gasteiger charge is -2.16. The molecule has 3 nitrogen and oxygen atoms in total. The van der Waals surface area contributed by atoms with E-state index in [1.807, 2.05) is 14.0 Å². The number of carbonyl (C=O) groups excluding carboxylic acids is 1. The topological polar surface area (TPSA) is 33.5 Å². The van der Waals surface area contributed by atoms with E-state index in [0.717, 1.165) is 10.5 Å². The number of benzene rings is 2. The quantitative estimate of drug-likeness (QED) is 0.848. The summed E-state index contributed by atoms with van der Waals surface area (Å²) in [5, 5.41) is 3.80. The summed E-state index contributed by atoms with van der Waals surface area (Å²) in [6.45, 7) is 2.36. The minimum Gasteiger partial charge on any atom is -0.326 e. The number of hydrogen-bond donors (Lipinski definition) is 2. The molecule has 23 heavy (non-hydrogen) atoms. The molecule has 0 aromatic heterocycles. The van der Waals surface area contributed by atoms with Crippen LogP contribution in [0.1, 0.15) is 11.1 Å². The second-order valence-electron chi connectivity index (χ2n) is 5.47. The molecule has 2 aromatic carbocycles. The molecule has 0 saturated carbocycles. The van der Waals surface area contributed by atoms with Crippen molar-refractivity contribution in [2.75, 3.05) is 18.9 Å². The summed E-state index contributed by atoms with van der Waals surface area (Å²) in [6, 6.07) is 9.91. The average molecular weight is 356 g/mol. The Labute approximate surface area is 145 Å². The molecule has 0 bridgehead atoms. The van der Waals surface area contributed by atoms with Crippen molar-refractivity contribution in [2.45, 2.75) is 13.5 Å². The van der Waals surface area contributed by atoms with Crippen LogP contribution in [0.3, 0.4) is 0 Å². The fourth-order valence-corrected chi connectivity index (χ4v) is 2.68. The number of nitrogens with one attached hydrogen (secondary N) is 2. The average Bonchev–Trinajstić information content (AvgIpc) is 2.48. The van der Waals surface area contributed by atoms with E-state index in [2.05, 4.69) is 5.32 Å². The Bertz CT molecular complexity index is 701. The second kappa shape index (κ2) is 7.77. The first-order chi connectivity index (χ1) is 10.9. The van der Waals surface area contributed by atoms with Crippen LogP contribution in [-0.2, 0) is 11.3 Å². The highest BCUT2D eigenvalue weighted by atomic mass is 35.5. The summed E-state index contributed by atoms with van der Waals surface area (Å²) in [6.07, 6.45) is 0. The molecule has 1 unspecified atom stereocenters. The Kier molecular flexibility index (Phi) is 5.99. The van der Waals surface area contributed by atoms with E-state index in [1.165, 1.54) is 6.07 Å². The fraction of sp³-hybridized carbons (Fsp3) is 0.235. The third-order valence-electron chi connectivity index (χ3n) is 3.54. The summed E-state index contributed by atoms with van der Waals surface area (Å²) in [5.41, 5.74) is 1.91.